The molecule has 0 radical (unpaired) electrons. The molecule has 3 rings (SSSR count). The molecule has 0 bridgehead atoms. The lowest BCUT2D eigenvalue weighted by molar-refractivity contribution is -0.135. The number of hydrogen-bond donors (Lipinski definition) is 1. The first-order valence-corrected chi connectivity index (χ1v) is 11.0. The van der Waals surface area contributed by atoms with E-state index in [1.807, 2.05) is 66.9 Å². The molecule has 0 spiro atoms. The van der Waals surface area contributed by atoms with Crippen molar-refractivity contribution in [2.75, 3.05) is 31.8 Å². The first-order chi connectivity index (χ1) is 14.0. The number of hydrogen-bond acceptors (Lipinski definition) is 4. The monoisotopic (exact) mass is 472 g/mol. The summed E-state index contributed by atoms with van der Waals surface area (Å²) in [6, 6.07) is 19.2. The summed E-state index contributed by atoms with van der Waals surface area (Å²) < 4.78 is 6.49. The van der Waals surface area contributed by atoms with E-state index in [9.17, 15) is 9.59 Å². The number of carbonyl (C=O) groups is 2. The molecule has 0 aliphatic heterocycles. The summed E-state index contributed by atoms with van der Waals surface area (Å²) in [5, 5.41) is 4.94. The number of anilines is 1. The van der Waals surface area contributed by atoms with Crippen molar-refractivity contribution in [3.8, 4) is 5.75 Å². The quantitative estimate of drug-likeness (QED) is 0.501. The second kappa shape index (κ2) is 9.80. The summed E-state index contributed by atoms with van der Waals surface area (Å²) in [6.45, 7) is -0.202. The van der Waals surface area contributed by atoms with Crippen molar-refractivity contribution in [1.29, 1.82) is 0 Å². The molecule has 1 N–H and O–H groups in total. The van der Waals surface area contributed by atoms with E-state index in [0.29, 0.717) is 5.75 Å². The van der Waals surface area contributed by atoms with Crippen molar-refractivity contribution < 1.29 is 14.3 Å². The van der Waals surface area contributed by atoms with Crippen LogP contribution in [0.5, 0.6) is 5.75 Å². The Labute approximate surface area is 182 Å². The number of rotatable bonds is 7. The van der Waals surface area contributed by atoms with Crippen molar-refractivity contribution in [3.63, 3.8) is 0 Å². The third-order valence-electron chi connectivity index (χ3n) is 4.37. The van der Waals surface area contributed by atoms with Crippen molar-refractivity contribution in [1.82, 2.24) is 4.90 Å². The maximum absolute atomic E-state index is 12.4. The Bertz CT molecular complexity index is 1040. The second-order valence-electron chi connectivity index (χ2n) is 6.39. The van der Waals surface area contributed by atoms with Crippen LogP contribution >= 0.6 is 27.7 Å². The van der Waals surface area contributed by atoms with E-state index in [1.165, 1.54) is 4.90 Å². The minimum Gasteiger partial charge on any atom is -0.483 e. The molecule has 0 aliphatic rings. The lowest BCUT2D eigenvalue weighted by Gasteiger charge is -2.18. The number of benzene rings is 3. The summed E-state index contributed by atoms with van der Waals surface area (Å²) in [5.74, 6) is 0.0522. The molecule has 29 heavy (non-hydrogen) atoms. The molecule has 7 heteroatoms. The van der Waals surface area contributed by atoms with Crippen molar-refractivity contribution in [2.24, 2.45) is 0 Å². The number of fused-ring (bicyclic) bond motifs is 1. The fourth-order valence-corrected chi connectivity index (χ4v) is 3.98. The van der Waals surface area contributed by atoms with E-state index < -0.39 is 0 Å². The van der Waals surface area contributed by atoms with Gasteiger partial charge >= 0.3 is 0 Å². The minimum absolute atomic E-state index is 0.0518. The predicted octanol–water partition coefficient (Wildman–Crippen LogP) is 4.80. The molecule has 0 aliphatic carbocycles. The Balaban J connectivity index is 1.57. The Morgan fingerprint density at radius 1 is 1.07 bits per heavy atom. The SMILES string of the molecule is CSc1ccccc1NC(=O)CN(C)C(=O)COc1ccc2ccccc2c1Br. The van der Waals surface area contributed by atoms with Crippen molar-refractivity contribution in [3.05, 3.63) is 65.1 Å². The molecule has 3 aromatic rings. The Hall–Kier alpha value is -2.51. The van der Waals surface area contributed by atoms with Gasteiger partial charge in [-0.3, -0.25) is 9.59 Å². The second-order valence-corrected chi connectivity index (χ2v) is 8.03. The number of carbonyl (C=O) groups excluding carboxylic acids is 2. The molecule has 0 saturated carbocycles. The van der Waals surface area contributed by atoms with Gasteiger partial charge < -0.3 is 15.0 Å². The third kappa shape index (κ3) is 5.31. The maximum Gasteiger partial charge on any atom is 0.260 e. The standard InChI is InChI=1S/C22H21BrN2O3S/c1-25(13-20(26)24-17-9-5-6-10-19(17)29-2)21(27)14-28-18-12-11-15-7-3-4-8-16(15)22(18)23/h3-12H,13-14H2,1-2H3,(H,24,26). The normalized spacial score (nSPS) is 10.6. The van der Waals surface area contributed by atoms with Gasteiger partial charge in [-0.25, -0.2) is 0 Å². The molecule has 0 unspecified atom stereocenters. The molecule has 0 aromatic heterocycles. The van der Waals surface area contributed by atoms with E-state index >= 15 is 0 Å². The number of nitrogens with zero attached hydrogens (tertiary/aromatic N) is 1. The van der Waals surface area contributed by atoms with Crippen molar-refractivity contribution >= 4 is 56.0 Å². The van der Waals surface area contributed by atoms with E-state index in [1.54, 1.807) is 18.8 Å². The smallest absolute Gasteiger partial charge is 0.260 e. The van der Waals surface area contributed by atoms with Gasteiger partial charge in [-0.05, 0) is 51.2 Å². The summed E-state index contributed by atoms with van der Waals surface area (Å²) in [7, 11) is 1.58. The highest BCUT2D eigenvalue weighted by atomic mass is 79.9. The average molecular weight is 473 g/mol. The Kier molecular flexibility index (Phi) is 7.17. The highest BCUT2D eigenvalue weighted by Crippen LogP contribution is 2.33. The number of para-hydroxylation sites is 1. The first-order valence-electron chi connectivity index (χ1n) is 8.96. The highest BCUT2D eigenvalue weighted by molar-refractivity contribution is 9.10. The van der Waals surface area contributed by atoms with Gasteiger partial charge in [-0.2, -0.15) is 0 Å². The topological polar surface area (TPSA) is 58.6 Å². The van der Waals surface area contributed by atoms with Crippen LogP contribution in [-0.2, 0) is 9.59 Å². The van der Waals surface area contributed by atoms with Crippen molar-refractivity contribution in [2.45, 2.75) is 4.90 Å². The molecule has 2 amide bonds. The van der Waals surface area contributed by atoms with Crippen LogP contribution in [0.3, 0.4) is 0 Å². The van der Waals surface area contributed by atoms with E-state index in [0.717, 1.165) is 25.8 Å². The number of likely N-dealkylation sites (N-methyl/N-ethyl adjacent to an activating group) is 1. The first kappa shape index (κ1) is 21.2. The van der Waals surface area contributed by atoms with Gasteiger partial charge in [-0.15, -0.1) is 11.8 Å². The van der Waals surface area contributed by atoms with Crippen LogP contribution in [0.15, 0.2) is 70.0 Å². The van der Waals surface area contributed by atoms with Crippen LogP contribution in [0.1, 0.15) is 0 Å². The van der Waals surface area contributed by atoms with Crippen LogP contribution < -0.4 is 10.1 Å². The number of halogens is 1. The Morgan fingerprint density at radius 2 is 1.79 bits per heavy atom. The van der Waals surface area contributed by atoms with Gasteiger partial charge in [0, 0.05) is 11.9 Å². The van der Waals surface area contributed by atoms with Gasteiger partial charge in [0.25, 0.3) is 5.91 Å². The van der Waals surface area contributed by atoms with Gasteiger partial charge in [0.05, 0.1) is 16.7 Å². The van der Waals surface area contributed by atoms with Crippen LogP contribution in [0.25, 0.3) is 10.8 Å². The Morgan fingerprint density at radius 3 is 2.59 bits per heavy atom. The van der Waals surface area contributed by atoms with E-state index in [2.05, 4.69) is 21.2 Å². The lowest BCUT2D eigenvalue weighted by Crippen LogP contribution is -2.37. The van der Waals surface area contributed by atoms with Gasteiger partial charge in [0.15, 0.2) is 6.61 Å². The average Bonchev–Trinajstić information content (AvgIpc) is 2.73. The highest BCUT2D eigenvalue weighted by Gasteiger charge is 2.16. The summed E-state index contributed by atoms with van der Waals surface area (Å²) in [4.78, 5) is 27.0. The zero-order valence-electron chi connectivity index (χ0n) is 16.1. The van der Waals surface area contributed by atoms with E-state index in [4.69, 9.17) is 4.74 Å². The molecule has 3 aromatic carbocycles. The summed E-state index contributed by atoms with van der Waals surface area (Å²) in [6.07, 6.45) is 1.95. The largest absolute Gasteiger partial charge is 0.483 e. The molecular formula is C22H21BrN2O3S. The maximum atomic E-state index is 12.4. The number of thioether (sulfide) groups is 1. The van der Waals surface area contributed by atoms with Crippen LogP contribution in [-0.4, -0.2) is 43.2 Å². The zero-order valence-corrected chi connectivity index (χ0v) is 18.5. The predicted molar refractivity (Wildman–Crippen MR) is 122 cm³/mol. The minimum atomic E-state index is -0.279. The summed E-state index contributed by atoms with van der Waals surface area (Å²) in [5.41, 5.74) is 0.738. The molecule has 0 heterocycles. The molecule has 150 valence electrons. The molecule has 5 nitrogen and oxygen atoms in total. The van der Waals surface area contributed by atoms with Crippen LogP contribution in [0, 0.1) is 0 Å². The molecule has 0 atom stereocenters. The molecule has 0 fully saturated rings. The third-order valence-corrected chi connectivity index (χ3v) is 5.98. The van der Waals surface area contributed by atoms with Gasteiger partial charge in [-0.1, -0.05) is 42.5 Å². The van der Waals surface area contributed by atoms with Crippen LogP contribution in [0.4, 0.5) is 5.69 Å². The summed E-state index contributed by atoms with van der Waals surface area (Å²) >= 11 is 5.09. The lowest BCUT2D eigenvalue weighted by atomic mass is 10.1. The zero-order chi connectivity index (χ0) is 20.8. The van der Waals surface area contributed by atoms with Gasteiger partial charge in [0.1, 0.15) is 5.75 Å². The fourth-order valence-electron chi connectivity index (χ4n) is 2.82. The molecular weight excluding hydrogens is 452 g/mol. The number of amides is 2. The van der Waals surface area contributed by atoms with E-state index in [-0.39, 0.29) is 25.0 Å². The van der Waals surface area contributed by atoms with Crippen LogP contribution in [0.2, 0.25) is 0 Å². The molecule has 0 saturated heterocycles. The fraction of sp³-hybridized carbons (Fsp3) is 0.182. The number of nitrogens with one attached hydrogen (secondary N) is 1. The number of ether oxygens (including phenoxy) is 1. The van der Waals surface area contributed by atoms with Gasteiger partial charge in [0.2, 0.25) is 5.91 Å².